The molecule has 8 nitrogen and oxygen atoms in total. The molecule has 0 amide bonds. The largest absolute Gasteiger partial charge is 0.494 e. The Hall–Kier alpha value is -3.11. The first-order valence-corrected chi connectivity index (χ1v) is 11.4. The molecule has 2 heterocycles. The summed E-state index contributed by atoms with van der Waals surface area (Å²) in [6.07, 6.45) is 1.61. The molecule has 1 N–H and O–H groups in total. The van der Waals surface area contributed by atoms with Gasteiger partial charge < -0.3 is 23.9 Å². The standard InChI is InChI=1S/C23H19Br2N3O5/c1-12-14(23(29)30)5-4-6-18(12)32-11-19-27-16-8-7-13(9-17(16)28(19)2)33-22-20(25)21(31-3)15(24)10-26-22/h4-10H,11H2,1-3H3,(H,29,30). The number of imidazole rings is 1. The molecule has 10 heteroatoms. The average Bonchev–Trinajstić information content (AvgIpc) is 3.10. The first kappa shape index (κ1) is 23.1. The van der Waals surface area contributed by atoms with E-state index >= 15 is 0 Å². The molecule has 0 aliphatic carbocycles. The second kappa shape index (κ2) is 9.40. The lowest BCUT2D eigenvalue weighted by Gasteiger charge is -2.11. The van der Waals surface area contributed by atoms with Crippen LogP contribution in [0.2, 0.25) is 0 Å². The zero-order valence-corrected chi connectivity index (χ0v) is 21.1. The third kappa shape index (κ3) is 4.53. The van der Waals surface area contributed by atoms with Crippen LogP contribution < -0.4 is 14.2 Å². The smallest absolute Gasteiger partial charge is 0.336 e. The average molecular weight is 577 g/mol. The molecule has 33 heavy (non-hydrogen) atoms. The number of fused-ring (bicyclic) bond motifs is 1. The molecule has 4 aromatic rings. The van der Waals surface area contributed by atoms with Crippen LogP contribution >= 0.6 is 31.9 Å². The quantitative estimate of drug-likeness (QED) is 0.293. The number of ether oxygens (including phenoxy) is 3. The maximum absolute atomic E-state index is 11.4. The maximum Gasteiger partial charge on any atom is 0.336 e. The summed E-state index contributed by atoms with van der Waals surface area (Å²) in [6, 6.07) is 10.5. The molecule has 0 aliphatic heterocycles. The van der Waals surface area contributed by atoms with Gasteiger partial charge in [-0.15, -0.1) is 0 Å². The van der Waals surface area contributed by atoms with Crippen LogP contribution in [0.3, 0.4) is 0 Å². The predicted octanol–water partition coefficient (Wildman–Crippen LogP) is 5.88. The summed E-state index contributed by atoms with van der Waals surface area (Å²) in [5.74, 6) is 1.74. The Balaban J connectivity index is 1.58. The Morgan fingerprint density at radius 2 is 2.00 bits per heavy atom. The van der Waals surface area contributed by atoms with E-state index in [4.69, 9.17) is 14.2 Å². The summed E-state index contributed by atoms with van der Waals surface area (Å²) >= 11 is 6.86. The minimum absolute atomic E-state index is 0.183. The van der Waals surface area contributed by atoms with Crippen molar-refractivity contribution in [3.8, 4) is 23.1 Å². The first-order valence-electron chi connectivity index (χ1n) is 9.77. The number of rotatable bonds is 7. The number of carboxylic acid groups (broad SMARTS) is 1. The molecule has 0 aliphatic rings. The van der Waals surface area contributed by atoms with Gasteiger partial charge in [0.05, 0.1) is 28.2 Å². The highest BCUT2D eigenvalue weighted by atomic mass is 79.9. The maximum atomic E-state index is 11.4. The molecule has 0 saturated heterocycles. The van der Waals surface area contributed by atoms with Crippen molar-refractivity contribution in [1.29, 1.82) is 0 Å². The third-order valence-corrected chi connectivity index (χ3v) is 6.40. The van der Waals surface area contributed by atoms with Crippen LogP contribution in [0.5, 0.6) is 23.1 Å². The highest BCUT2D eigenvalue weighted by Crippen LogP contribution is 2.40. The summed E-state index contributed by atoms with van der Waals surface area (Å²) in [4.78, 5) is 20.3. The van der Waals surface area contributed by atoms with E-state index in [1.165, 1.54) is 0 Å². The van der Waals surface area contributed by atoms with E-state index < -0.39 is 5.97 Å². The number of halogens is 2. The van der Waals surface area contributed by atoms with E-state index in [1.54, 1.807) is 38.4 Å². The van der Waals surface area contributed by atoms with Crippen molar-refractivity contribution >= 4 is 48.9 Å². The van der Waals surface area contributed by atoms with Crippen LogP contribution in [-0.2, 0) is 13.7 Å². The van der Waals surface area contributed by atoms with E-state index in [-0.39, 0.29) is 12.2 Å². The molecule has 0 saturated carbocycles. The highest BCUT2D eigenvalue weighted by Gasteiger charge is 2.16. The van der Waals surface area contributed by atoms with Crippen LogP contribution in [-0.4, -0.2) is 32.7 Å². The lowest BCUT2D eigenvalue weighted by molar-refractivity contribution is 0.0695. The molecule has 0 radical (unpaired) electrons. The van der Waals surface area contributed by atoms with Crippen molar-refractivity contribution in [1.82, 2.24) is 14.5 Å². The molecule has 4 rings (SSSR count). The highest BCUT2D eigenvalue weighted by molar-refractivity contribution is 9.11. The van der Waals surface area contributed by atoms with Gasteiger partial charge in [-0.1, -0.05) is 6.07 Å². The van der Waals surface area contributed by atoms with Gasteiger partial charge in [0.1, 0.15) is 28.4 Å². The molecule has 170 valence electrons. The van der Waals surface area contributed by atoms with Gasteiger partial charge >= 0.3 is 5.97 Å². The fraction of sp³-hybridized carbons (Fsp3) is 0.174. The topological polar surface area (TPSA) is 95.7 Å². The molecule has 2 aromatic carbocycles. The molecule has 0 unspecified atom stereocenters. The van der Waals surface area contributed by atoms with Crippen LogP contribution in [0.4, 0.5) is 0 Å². The van der Waals surface area contributed by atoms with Crippen molar-refractivity contribution in [2.45, 2.75) is 13.5 Å². The summed E-state index contributed by atoms with van der Waals surface area (Å²) in [5, 5.41) is 9.31. The minimum atomic E-state index is -0.988. The number of carboxylic acids is 1. The number of methoxy groups -OCH3 is 1. The lowest BCUT2D eigenvalue weighted by atomic mass is 10.1. The van der Waals surface area contributed by atoms with Crippen molar-refractivity contribution in [3.05, 3.63) is 68.5 Å². The SMILES string of the molecule is COc1c(Br)cnc(Oc2ccc3nc(COc4cccc(C(=O)O)c4C)n(C)c3c2)c1Br. The Morgan fingerprint density at radius 1 is 1.21 bits per heavy atom. The molecule has 0 fully saturated rings. The van der Waals surface area contributed by atoms with Crippen molar-refractivity contribution < 1.29 is 24.1 Å². The number of aromatic nitrogens is 3. The van der Waals surface area contributed by atoms with Crippen LogP contribution in [0, 0.1) is 6.92 Å². The van der Waals surface area contributed by atoms with Crippen LogP contribution in [0.15, 0.2) is 51.5 Å². The Labute approximate surface area is 206 Å². The summed E-state index contributed by atoms with van der Waals surface area (Å²) < 4.78 is 20.4. The monoisotopic (exact) mass is 575 g/mol. The van der Waals surface area contributed by atoms with Gasteiger partial charge in [-0.25, -0.2) is 14.8 Å². The van der Waals surface area contributed by atoms with Gasteiger partial charge in [-0.3, -0.25) is 0 Å². The number of carbonyl (C=O) groups is 1. The van der Waals surface area contributed by atoms with E-state index in [2.05, 4.69) is 41.8 Å². The first-order chi connectivity index (χ1) is 15.8. The number of nitrogens with zero attached hydrogens (tertiary/aromatic N) is 3. The minimum Gasteiger partial charge on any atom is -0.494 e. The summed E-state index contributed by atoms with van der Waals surface area (Å²) in [5.41, 5.74) is 2.41. The van der Waals surface area contributed by atoms with E-state index in [0.717, 1.165) is 11.0 Å². The number of pyridine rings is 1. The van der Waals surface area contributed by atoms with Gasteiger partial charge in [0.15, 0.2) is 5.75 Å². The van der Waals surface area contributed by atoms with E-state index in [1.807, 2.05) is 29.8 Å². The van der Waals surface area contributed by atoms with Crippen LogP contribution in [0.1, 0.15) is 21.7 Å². The normalized spacial score (nSPS) is 10.9. The molecule has 2 aromatic heterocycles. The van der Waals surface area contributed by atoms with Gasteiger partial charge in [0, 0.05) is 24.9 Å². The fourth-order valence-electron chi connectivity index (χ4n) is 3.36. The van der Waals surface area contributed by atoms with Crippen LogP contribution in [0.25, 0.3) is 11.0 Å². The van der Waals surface area contributed by atoms with Crippen molar-refractivity contribution in [3.63, 3.8) is 0 Å². The fourth-order valence-corrected chi connectivity index (χ4v) is 4.65. The number of aryl methyl sites for hydroxylation is 1. The number of hydrogen-bond donors (Lipinski definition) is 1. The van der Waals surface area contributed by atoms with Crippen molar-refractivity contribution in [2.75, 3.05) is 7.11 Å². The molecular formula is C23H19Br2N3O5. The van der Waals surface area contributed by atoms with E-state index in [9.17, 15) is 9.90 Å². The number of aromatic carboxylic acids is 1. The van der Waals surface area contributed by atoms with E-state index in [0.29, 0.717) is 43.5 Å². The summed E-state index contributed by atoms with van der Waals surface area (Å²) in [6.45, 7) is 1.91. The van der Waals surface area contributed by atoms with Gasteiger partial charge in [-0.05, 0) is 63.0 Å². The third-order valence-electron chi connectivity index (χ3n) is 5.13. The number of hydrogen-bond acceptors (Lipinski definition) is 6. The molecule has 0 spiro atoms. The second-order valence-corrected chi connectivity index (χ2v) is 8.77. The predicted molar refractivity (Wildman–Crippen MR) is 129 cm³/mol. The van der Waals surface area contributed by atoms with Gasteiger partial charge in [0.2, 0.25) is 5.88 Å². The summed E-state index contributed by atoms with van der Waals surface area (Å²) in [7, 11) is 3.45. The zero-order chi connectivity index (χ0) is 23.7. The van der Waals surface area contributed by atoms with Crippen molar-refractivity contribution in [2.24, 2.45) is 7.05 Å². The Morgan fingerprint density at radius 3 is 2.73 bits per heavy atom. The molecule has 0 atom stereocenters. The molecular weight excluding hydrogens is 558 g/mol. The Bertz CT molecular complexity index is 1370. The number of benzene rings is 2. The molecule has 0 bridgehead atoms. The second-order valence-electron chi connectivity index (χ2n) is 7.12. The zero-order valence-electron chi connectivity index (χ0n) is 17.9. The Kier molecular flexibility index (Phi) is 6.57. The lowest BCUT2D eigenvalue weighted by Crippen LogP contribution is -2.06. The van der Waals surface area contributed by atoms with Gasteiger partial charge in [0.25, 0.3) is 0 Å². The van der Waals surface area contributed by atoms with Gasteiger partial charge in [-0.2, -0.15) is 0 Å².